The predicted octanol–water partition coefficient (Wildman–Crippen LogP) is 5.36. The highest BCUT2D eigenvalue weighted by Crippen LogP contribution is 2.24. The van der Waals surface area contributed by atoms with E-state index in [9.17, 15) is 4.79 Å². The average molecular weight is 452 g/mol. The second-order valence-corrected chi connectivity index (χ2v) is 6.94. The predicted molar refractivity (Wildman–Crippen MR) is 106 cm³/mol. The molecule has 0 aliphatic carbocycles. The Labute approximate surface area is 161 Å². The molecular weight excluding hydrogens is 431 g/mol. The van der Waals surface area contributed by atoms with Crippen LogP contribution in [0.2, 0.25) is 0 Å². The Kier molecular flexibility index (Phi) is 7.31. The van der Waals surface area contributed by atoms with Crippen molar-refractivity contribution in [2.24, 2.45) is 0 Å². The van der Waals surface area contributed by atoms with Gasteiger partial charge in [-0.05, 0) is 98.0 Å². The molecule has 0 aliphatic rings. The second kappa shape index (κ2) is 9.46. The van der Waals surface area contributed by atoms with Crippen LogP contribution in [0.25, 0.3) is 0 Å². The minimum Gasteiger partial charge on any atom is -0.487 e. The number of hydrogen-bond acceptors (Lipinski definition) is 4. The molecule has 0 amide bonds. The van der Waals surface area contributed by atoms with E-state index in [-0.39, 0.29) is 18.2 Å². The van der Waals surface area contributed by atoms with Gasteiger partial charge in [0.2, 0.25) is 0 Å². The van der Waals surface area contributed by atoms with Crippen LogP contribution in [0.4, 0.5) is 0 Å². The lowest BCUT2D eigenvalue weighted by Crippen LogP contribution is -2.12. The van der Waals surface area contributed by atoms with E-state index < -0.39 is 0 Å². The van der Waals surface area contributed by atoms with Crippen molar-refractivity contribution in [3.63, 3.8) is 0 Å². The van der Waals surface area contributed by atoms with Gasteiger partial charge < -0.3 is 14.2 Å². The number of hydrogen-bond donors (Lipinski definition) is 0. The largest absolute Gasteiger partial charge is 0.487 e. The van der Waals surface area contributed by atoms with E-state index in [0.717, 1.165) is 15.1 Å². The highest BCUT2D eigenvalue weighted by molar-refractivity contribution is 14.1. The lowest BCUT2D eigenvalue weighted by Gasteiger charge is -2.12. The zero-order valence-electron chi connectivity index (χ0n) is 14.4. The van der Waals surface area contributed by atoms with Crippen LogP contribution in [0.1, 0.15) is 20.8 Å². The zero-order chi connectivity index (χ0) is 18.2. The van der Waals surface area contributed by atoms with Crippen molar-refractivity contribution in [2.45, 2.75) is 33.0 Å². The molecule has 132 valence electrons. The Hall–Kier alpha value is -2.02. The lowest BCUT2D eigenvalue weighted by molar-refractivity contribution is -0.141. The van der Waals surface area contributed by atoms with Gasteiger partial charge in [0, 0.05) is 9.65 Å². The van der Waals surface area contributed by atoms with Crippen LogP contribution in [0.3, 0.4) is 0 Å². The van der Waals surface area contributed by atoms with Crippen LogP contribution in [0.15, 0.2) is 60.7 Å². The van der Waals surface area contributed by atoms with Crippen molar-refractivity contribution in [3.8, 4) is 17.2 Å². The Bertz CT molecular complexity index is 705. The maximum absolute atomic E-state index is 11.5. The molecule has 0 fully saturated rings. The normalized spacial score (nSPS) is 12.2. The first-order chi connectivity index (χ1) is 11.9. The summed E-state index contributed by atoms with van der Waals surface area (Å²) in [5, 5.41) is 0. The summed E-state index contributed by atoms with van der Waals surface area (Å²) in [6, 6.07) is 15.2. The van der Waals surface area contributed by atoms with Crippen LogP contribution in [-0.2, 0) is 9.53 Å². The van der Waals surface area contributed by atoms with Crippen molar-refractivity contribution in [1.82, 2.24) is 0 Å². The van der Waals surface area contributed by atoms with Crippen LogP contribution in [-0.4, -0.2) is 18.2 Å². The van der Waals surface area contributed by atoms with Gasteiger partial charge in [0.15, 0.2) is 0 Å². The SMILES string of the molecule is CC(C)OC(=O)C=CC(C)Oc1ccc(Oc2ccc(I)cc2)cc1. The standard InChI is InChI=1S/C20H21IO4/c1-14(2)23-20(22)13-4-15(3)24-17-9-11-19(12-10-17)25-18-7-5-16(21)6-8-18/h4-15H,1-3H3. The Morgan fingerprint density at radius 2 is 1.44 bits per heavy atom. The third-order valence-corrected chi connectivity index (χ3v) is 3.77. The molecule has 0 radical (unpaired) electrons. The van der Waals surface area contributed by atoms with Crippen LogP contribution in [0.5, 0.6) is 17.2 Å². The summed E-state index contributed by atoms with van der Waals surface area (Å²) in [7, 11) is 0. The summed E-state index contributed by atoms with van der Waals surface area (Å²) >= 11 is 2.25. The van der Waals surface area contributed by atoms with Gasteiger partial charge in [-0.25, -0.2) is 4.79 Å². The maximum atomic E-state index is 11.5. The molecule has 5 heteroatoms. The smallest absolute Gasteiger partial charge is 0.330 e. The summed E-state index contributed by atoms with van der Waals surface area (Å²) in [5.74, 6) is 1.85. The van der Waals surface area contributed by atoms with E-state index >= 15 is 0 Å². The molecule has 1 atom stereocenters. The van der Waals surface area contributed by atoms with Crippen molar-refractivity contribution in [1.29, 1.82) is 0 Å². The summed E-state index contributed by atoms with van der Waals surface area (Å²) < 4.78 is 17.7. The van der Waals surface area contributed by atoms with E-state index in [2.05, 4.69) is 22.6 Å². The molecule has 0 spiro atoms. The molecular formula is C20H21IO4. The molecule has 0 heterocycles. The molecule has 0 bridgehead atoms. The third-order valence-electron chi connectivity index (χ3n) is 3.05. The summed E-state index contributed by atoms with van der Waals surface area (Å²) in [5.41, 5.74) is 0. The summed E-state index contributed by atoms with van der Waals surface area (Å²) in [6.07, 6.45) is 2.68. The van der Waals surface area contributed by atoms with E-state index in [1.807, 2.05) is 69.3 Å². The molecule has 2 aromatic rings. The molecule has 4 nitrogen and oxygen atoms in total. The number of ether oxygens (including phenoxy) is 3. The number of carbonyl (C=O) groups is 1. The van der Waals surface area contributed by atoms with Gasteiger partial charge in [-0.3, -0.25) is 0 Å². The Morgan fingerprint density at radius 1 is 0.920 bits per heavy atom. The molecule has 0 saturated heterocycles. The van der Waals surface area contributed by atoms with Crippen molar-refractivity contribution < 1.29 is 19.0 Å². The molecule has 0 aromatic heterocycles. The summed E-state index contributed by atoms with van der Waals surface area (Å²) in [6.45, 7) is 5.48. The van der Waals surface area contributed by atoms with Gasteiger partial charge in [-0.1, -0.05) is 0 Å². The number of rotatable bonds is 7. The molecule has 25 heavy (non-hydrogen) atoms. The highest BCUT2D eigenvalue weighted by Gasteiger charge is 2.04. The number of halogens is 1. The number of carbonyl (C=O) groups excluding carboxylic acids is 1. The topological polar surface area (TPSA) is 44.8 Å². The molecule has 0 aliphatic heterocycles. The Morgan fingerprint density at radius 3 is 2.00 bits per heavy atom. The van der Waals surface area contributed by atoms with Gasteiger partial charge in [-0.2, -0.15) is 0 Å². The van der Waals surface area contributed by atoms with Crippen molar-refractivity contribution in [3.05, 3.63) is 64.3 Å². The van der Waals surface area contributed by atoms with Gasteiger partial charge >= 0.3 is 5.97 Å². The minimum absolute atomic E-state index is 0.131. The molecule has 0 N–H and O–H groups in total. The Balaban J connectivity index is 1.88. The average Bonchev–Trinajstić information content (AvgIpc) is 2.56. The van der Waals surface area contributed by atoms with Gasteiger partial charge in [0.05, 0.1) is 6.10 Å². The second-order valence-electron chi connectivity index (χ2n) is 5.70. The molecule has 1 unspecified atom stereocenters. The van der Waals surface area contributed by atoms with Crippen molar-refractivity contribution in [2.75, 3.05) is 0 Å². The van der Waals surface area contributed by atoms with E-state index in [1.165, 1.54) is 6.08 Å². The van der Waals surface area contributed by atoms with E-state index in [4.69, 9.17) is 14.2 Å². The van der Waals surface area contributed by atoms with Crippen molar-refractivity contribution >= 4 is 28.6 Å². The summed E-state index contributed by atoms with van der Waals surface area (Å²) in [4.78, 5) is 11.5. The van der Waals surface area contributed by atoms with Crippen LogP contribution >= 0.6 is 22.6 Å². The quantitative estimate of drug-likeness (QED) is 0.323. The fourth-order valence-electron chi connectivity index (χ4n) is 1.96. The van der Waals surface area contributed by atoms with Gasteiger partial charge in [0.1, 0.15) is 23.4 Å². The maximum Gasteiger partial charge on any atom is 0.330 e. The van der Waals surface area contributed by atoms with Gasteiger partial charge in [0.25, 0.3) is 0 Å². The first-order valence-corrected chi connectivity index (χ1v) is 9.09. The number of benzene rings is 2. The van der Waals surface area contributed by atoms with Crippen LogP contribution < -0.4 is 9.47 Å². The molecule has 2 aromatic carbocycles. The van der Waals surface area contributed by atoms with Gasteiger partial charge in [-0.15, -0.1) is 0 Å². The fourth-order valence-corrected chi connectivity index (χ4v) is 2.32. The zero-order valence-corrected chi connectivity index (χ0v) is 16.6. The number of esters is 1. The highest BCUT2D eigenvalue weighted by atomic mass is 127. The third kappa shape index (κ3) is 7.17. The lowest BCUT2D eigenvalue weighted by atomic mass is 10.3. The molecule has 2 rings (SSSR count). The molecule has 0 saturated carbocycles. The first kappa shape index (κ1) is 19.3. The monoisotopic (exact) mass is 452 g/mol. The van der Waals surface area contributed by atoms with Crippen LogP contribution in [0, 0.1) is 3.57 Å². The van der Waals surface area contributed by atoms with E-state index in [1.54, 1.807) is 6.08 Å². The van der Waals surface area contributed by atoms with E-state index in [0.29, 0.717) is 5.75 Å². The fraction of sp³-hybridized carbons (Fsp3) is 0.250. The first-order valence-electron chi connectivity index (χ1n) is 8.01. The minimum atomic E-state index is -0.369.